The number of aryl methyl sites for hydroxylation is 1. The van der Waals surface area contributed by atoms with Crippen molar-refractivity contribution in [1.29, 1.82) is 0 Å². The highest BCUT2D eigenvalue weighted by Gasteiger charge is 2.44. The first-order valence-electron chi connectivity index (χ1n) is 7.87. The number of hydrogen-bond acceptors (Lipinski definition) is 2. The molecule has 0 saturated heterocycles. The van der Waals surface area contributed by atoms with E-state index in [1.807, 2.05) is 55.5 Å². The minimum absolute atomic E-state index is 0.0355. The van der Waals surface area contributed by atoms with Gasteiger partial charge in [-0.15, -0.1) is 0 Å². The number of carbonyl (C=O) groups is 1. The Morgan fingerprint density at radius 3 is 2.74 bits per heavy atom. The molecule has 3 rings (SSSR count). The van der Waals surface area contributed by atoms with Gasteiger partial charge >= 0.3 is 0 Å². The number of halogens is 1. The van der Waals surface area contributed by atoms with Crippen LogP contribution in [0.2, 0.25) is 5.02 Å². The van der Waals surface area contributed by atoms with Gasteiger partial charge in [-0.3, -0.25) is 4.79 Å². The van der Waals surface area contributed by atoms with Crippen LogP contribution < -0.4 is 10.1 Å². The molecule has 1 N–H and O–H groups in total. The van der Waals surface area contributed by atoms with Gasteiger partial charge in [0.25, 0.3) is 0 Å². The summed E-state index contributed by atoms with van der Waals surface area (Å²) in [7, 11) is 0. The van der Waals surface area contributed by atoms with Crippen molar-refractivity contribution in [2.45, 2.75) is 19.3 Å². The van der Waals surface area contributed by atoms with Gasteiger partial charge < -0.3 is 10.1 Å². The van der Waals surface area contributed by atoms with E-state index in [9.17, 15) is 4.79 Å². The number of benzene rings is 2. The predicted molar refractivity (Wildman–Crippen MR) is 92.0 cm³/mol. The Morgan fingerprint density at radius 2 is 1.96 bits per heavy atom. The molecule has 1 amide bonds. The van der Waals surface area contributed by atoms with Crippen LogP contribution in [-0.2, 0) is 4.79 Å². The van der Waals surface area contributed by atoms with E-state index in [1.165, 1.54) is 0 Å². The molecule has 1 aliphatic carbocycles. The van der Waals surface area contributed by atoms with Crippen molar-refractivity contribution in [2.75, 3.05) is 13.2 Å². The van der Waals surface area contributed by atoms with Crippen LogP contribution in [0, 0.1) is 12.8 Å². The zero-order valence-corrected chi connectivity index (χ0v) is 13.8. The molecule has 0 spiro atoms. The smallest absolute Gasteiger partial charge is 0.223 e. The summed E-state index contributed by atoms with van der Waals surface area (Å²) in [6.07, 6.45) is 0.869. The van der Waals surface area contributed by atoms with E-state index >= 15 is 0 Å². The van der Waals surface area contributed by atoms with Gasteiger partial charge in [0.1, 0.15) is 12.4 Å². The van der Waals surface area contributed by atoms with Crippen molar-refractivity contribution < 1.29 is 9.53 Å². The Balaban J connectivity index is 1.43. The molecule has 1 saturated carbocycles. The quantitative estimate of drug-likeness (QED) is 0.815. The summed E-state index contributed by atoms with van der Waals surface area (Å²) in [5, 5.41) is 3.69. The Kier molecular flexibility index (Phi) is 4.87. The summed E-state index contributed by atoms with van der Waals surface area (Å²) in [6.45, 7) is 2.99. The van der Waals surface area contributed by atoms with Crippen LogP contribution in [0.15, 0.2) is 48.5 Å². The number of rotatable bonds is 6. The van der Waals surface area contributed by atoms with Gasteiger partial charge in [0.15, 0.2) is 0 Å². The molecule has 0 aromatic heterocycles. The molecule has 2 unspecified atom stereocenters. The molecule has 4 heteroatoms. The molecule has 0 aliphatic heterocycles. The number of carbonyl (C=O) groups excluding carboxylic acids is 1. The second-order valence-corrected chi connectivity index (χ2v) is 6.28. The van der Waals surface area contributed by atoms with Gasteiger partial charge in [-0.05, 0) is 42.5 Å². The Bertz CT molecular complexity index is 701. The lowest BCUT2D eigenvalue weighted by Gasteiger charge is -2.10. The third-order valence-electron chi connectivity index (χ3n) is 4.18. The molecule has 2 aromatic rings. The van der Waals surface area contributed by atoms with E-state index in [0.29, 0.717) is 13.2 Å². The molecule has 0 bridgehead atoms. The highest BCUT2D eigenvalue weighted by Crippen LogP contribution is 2.49. The SMILES string of the molecule is Cc1ccccc1OCCNC(=O)C1CC1c1ccccc1Cl. The number of hydrogen-bond donors (Lipinski definition) is 1. The molecule has 3 nitrogen and oxygen atoms in total. The first-order valence-corrected chi connectivity index (χ1v) is 8.25. The van der Waals surface area contributed by atoms with E-state index in [4.69, 9.17) is 16.3 Å². The van der Waals surface area contributed by atoms with E-state index in [1.54, 1.807) is 0 Å². The van der Waals surface area contributed by atoms with Crippen LogP contribution in [0.4, 0.5) is 0 Å². The summed E-state index contributed by atoms with van der Waals surface area (Å²) in [4.78, 5) is 12.2. The summed E-state index contributed by atoms with van der Waals surface area (Å²) < 4.78 is 5.68. The molecule has 23 heavy (non-hydrogen) atoms. The van der Waals surface area contributed by atoms with Crippen LogP contribution in [0.3, 0.4) is 0 Å². The van der Waals surface area contributed by atoms with Gasteiger partial charge in [-0.2, -0.15) is 0 Å². The minimum Gasteiger partial charge on any atom is -0.491 e. The predicted octanol–water partition coefficient (Wildman–Crippen LogP) is 3.95. The maximum absolute atomic E-state index is 12.2. The first kappa shape index (κ1) is 15.9. The molecule has 2 atom stereocenters. The van der Waals surface area contributed by atoms with Gasteiger partial charge in [0, 0.05) is 10.9 Å². The van der Waals surface area contributed by atoms with Crippen LogP contribution in [0.5, 0.6) is 5.75 Å². The largest absolute Gasteiger partial charge is 0.491 e. The lowest BCUT2D eigenvalue weighted by Crippen LogP contribution is -2.29. The van der Waals surface area contributed by atoms with E-state index < -0.39 is 0 Å². The minimum atomic E-state index is 0.0355. The van der Waals surface area contributed by atoms with Gasteiger partial charge in [0.05, 0.1) is 6.54 Å². The van der Waals surface area contributed by atoms with Crippen LogP contribution >= 0.6 is 11.6 Å². The standard InChI is InChI=1S/C19H20ClNO2/c1-13-6-2-5-9-18(13)23-11-10-21-19(22)16-12-15(16)14-7-3-4-8-17(14)20/h2-9,15-16H,10-12H2,1H3,(H,21,22). The fraction of sp³-hybridized carbons (Fsp3) is 0.316. The number of ether oxygens (including phenoxy) is 1. The molecule has 0 heterocycles. The van der Waals surface area contributed by atoms with E-state index in [2.05, 4.69) is 5.32 Å². The molecule has 1 fully saturated rings. The molecule has 1 aliphatic rings. The maximum atomic E-state index is 12.2. The Morgan fingerprint density at radius 1 is 1.22 bits per heavy atom. The van der Waals surface area contributed by atoms with Gasteiger partial charge in [-0.25, -0.2) is 0 Å². The van der Waals surface area contributed by atoms with Crippen molar-refractivity contribution in [3.05, 3.63) is 64.7 Å². The fourth-order valence-electron chi connectivity index (χ4n) is 2.79. The normalized spacial score (nSPS) is 19.2. The van der Waals surface area contributed by atoms with Gasteiger partial charge in [-0.1, -0.05) is 48.0 Å². The molecule has 0 radical (unpaired) electrons. The van der Waals surface area contributed by atoms with E-state index in [-0.39, 0.29) is 17.7 Å². The van der Waals surface area contributed by atoms with Crippen molar-refractivity contribution >= 4 is 17.5 Å². The van der Waals surface area contributed by atoms with Crippen molar-refractivity contribution in [1.82, 2.24) is 5.32 Å². The first-order chi connectivity index (χ1) is 11.2. The topological polar surface area (TPSA) is 38.3 Å². The summed E-state index contributed by atoms with van der Waals surface area (Å²) >= 11 is 6.19. The maximum Gasteiger partial charge on any atom is 0.223 e. The Hall–Kier alpha value is -2.00. The second-order valence-electron chi connectivity index (χ2n) is 5.88. The lowest BCUT2D eigenvalue weighted by atomic mass is 10.1. The Labute approximate surface area is 141 Å². The molecular weight excluding hydrogens is 310 g/mol. The summed E-state index contributed by atoms with van der Waals surface area (Å²) in [5.74, 6) is 1.24. The summed E-state index contributed by atoms with van der Waals surface area (Å²) in [5.41, 5.74) is 2.17. The van der Waals surface area contributed by atoms with Crippen molar-refractivity contribution in [3.63, 3.8) is 0 Å². The molecule has 120 valence electrons. The zero-order valence-electron chi connectivity index (χ0n) is 13.1. The fourth-order valence-corrected chi connectivity index (χ4v) is 3.06. The second kappa shape index (κ2) is 7.05. The molecule has 2 aromatic carbocycles. The van der Waals surface area contributed by atoms with Crippen molar-refractivity contribution in [3.8, 4) is 5.75 Å². The van der Waals surface area contributed by atoms with Gasteiger partial charge in [0.2, 0.25) is 5.91 Å². The number of para-hydroxylation sites is 1. The highest BCUT2D eigenvalue weighted by atomic mass is 35.5. The lowest BCUT2D eigenvalue weighted by molar-refractivity contribution is -0.122. The van der Waals surface area contributed by atoms with Crippen LogP contribution in [0.25, 0.3) is 0 Å². The number of amides is 1. The average Bonchev–Trinajstić information content (AvgIpc) is 3.34. The zero-order chi connectivity index (χ0) is 16.2. The van der Waals surface area contributed by atoms with E-state index in [0.717, 1.165) is 28.3 Å². The monoisotopic (exact) mass is 329 g/mol. The van der Waals surface area contributed by atoms with Crippen molar-refractivity contribution in [2.24, 2.45) is 5.92 Å². The molecular formula is C19H20ClNO2. The van der Waals surface area contributed by atoms with Crippen LogP contribution in [0.1, 0.15) is 23.5 Å². The third kappa shape index (κ3) is 3.85. The third-order valence-corrected chi connectivity index (χ3v) is 4.53. The average molecular weight is 330 g/mol. The van der Waals surface area contributed by atoms with Crippen LogP contribution in [-0.4, -0.2) is 19.1 Å². The summed E-state index contributed by atoms with van der Waals surface area (Å²) in [6, 6.07) is 15.6. The number of nitrogens with one attached hydrogen (secondary N) is 1. The highest BCUT2D eigenvalue weighted by molar-refractivity contribution is 6.31.